The summed E-state index contributed by atoms with van der Waals surface area (Å²) in [7, 11) is 1.93. The van der Waals surface area contributed by atoms with Crippen LogP contribution in [0.15, 0.2) is 6.07 Å². The maximum Gasteiger partial charge on any atom is 0.148 e. The highest BCUT2D eigenvalue weighted by Crippen LogP contribution is 2.28. The Bertz CT molecular complexity index is 422. The molecule has 106 valence electrons. The second-order valence-electron chi connectivity index (χ2n) is 5.39. The van der Waals surface area contributed by atoms with Crippen LogP contribution in [0.3, 0.4) is 0 Å². The molecule has 3 nitrogen and oxygen atoms in total. The fourth-order valence-corrected chi connectivity index (χ4v) is 3.80. The highest BCUT2D eigenvalue weighted by atomic mass is 32.2. The van der Waals surface area contributed by atoms with Crippen LogP contribution in [0.5, 0.6) is 0 Å². The van der Waals surface area contributed by atoms with Gasteiger partial charge in [-0.15, -0.1) is 0 Å². The van der Waals surface area contributed by atoms with Crippen molar-refractivity contribution in [3.05, 3.63) is 17.5 Å². The van der Waals surface area contributed by atoms with Gasteiger partial charge in [-0.05, 0) is 25.3 Å². The Morgan fingerprint density at radius 3 is 2.79 bits per heavy atom. The number of carbonyl (C=O) groups is 1. The first-order valence-electron chi connectivity index (χ1n) is 7.34. The highest BCUT2D eigenvalue weighted by molar-refractivity contribution is 8.00. The number of hydrogen-bond acceptors (Lipinski definition) is 3. The van der Waals surface area contributed by atoms with Crippen LogP contribution >= 0.6 is 11.8 Å². The van der Waals surface area contributed by atoms with Crippen LogP contribution in [0.4, 0.5) is 0 Å². The standard InChI is InChI=1S/C15H24N2OS/c1-3-12-9-13(17(2)16-12)10-14(18)11-19-15-7-5-4-6-8-15/h9,15H,3-8,10-11H2,1-2H3. The molecule has 0 N–H and O–H groups in total. The van der Waals surface area contributed by atoms with Gasteiger partial charge in [0.1, 0.15) is 5.78 Å². The summed E-state index contributed by atoms with van der Waals surface area (Å²) in [5.74, 6) is 0.998. The number of aromatic nitrogens is 2. The van der Waals surface area contributed by atoms with Gasteiger partial charge in [0, 0.05) is 24.4 Å². The number of nitrogens with zero attached hydrogens (tertiary/aromatic N) is 2. The summed E-state index contributed by atoms with van der Waals surface area (Å²) < 4.78 is 1.85. The van der Waals surface area contributed by atoms with E-state index in [1.165, 1.54) is 32.1 Å². The number of ketones is 1. The van der Waals surface area contributed by atoms with Gasteiger partial charge in [0.2, 0.25) is 0 Å². The number of thioether (sulfide) groups is 1. The van der Waals surface area contributed by atoms with E-state index in [-0.39, 0.29) is 0 Å². The molecule has 19 heavy (non-hydrogen) atoms. The predicted molar refractivity (Wildman–Crippen MR) is 80.6 cm³/mol. The minimum absolute atomic E-state index is 0.334. The van der Waals surface area contributed by atoms with Crippen molar-refractivity contribution in [1.29, 1.82) is 0 Å². The van der Waals surface area contributed by atoms with Gasteiger partial charge in [0.15, 0.2) is 0 Å². The number of carbonyl (C=O) groups excluding carboxylic acids is 1. The zero-order chi connectivity index (χ0) is 13.7. The lowest BCUT2D eigenvalue weighted by Crippen LogP contribution is -2.14. The fraction of sp³-hybridized carbons (Fsp3) is 0.733. The van der Waals surface area contributed by atoms with E-state index in [4.69, 9.17) is 0 Å². The molecule has 1 aromatic rings. The summed E-state index contributed by atoms with van der Waals surface area (Å²) in [6, 6.07) is 2.06. The second-order valence-corrected chi connectivity index (χ2v) is 6.68. The Labute approximate surface area is 120 Å². The minimum Gasteiger partial charge on any atom is -0.298 e. The smallest absolute Gasteiger partial charge is 0.148 e. The first-order chi connectivity index (χ1) is 9.19. The maximum absolute atomic E-state index is 12.0. The molecule has 0 amide bonds. The van der Waals surface area contributed by atoms with Gasteiger partial charge in [-0.2, -0.15) is 16.9 Å². The Morgan fingerprint density at radius 2 is 2.16 bits per heavy atom. The molecule has 1 saturated carbocycles. The Kier molecular flexibility index (Phi) is 5.49. The average Bonchev–Trinajstić information content (AvgIpc) is 2.78. The molecule has 1 aliphatic carbocycles. The summed E-state index contributed by atoms with van der Waals surface area (Å²) in [5, 5.41) is 5.11. The van der Waals surface area contributed by atoms with Crippen LogP contribution in [0.1, 0.15) is 50.4 Å². The van der Waals surface area contributed by atoms with Gasteiger partial charge in [-0.25, -0.2) is 0 Å². The van der Waals surface area contributed by atoms with Crippen molar-refractivity contribution >= 4 is 17.5 Å². The van der Waals surface area contributed by atoms with Gasteiger partial charge in [-0.1, -0.05) is 26.2 Å². The largest absolute Gasteiger partial charge is 0.298 e. The van der Waals surface area contributed by atoms with Crippen molar-refractivity contribution < 1.29 is 4.79 Å². The SMILES string of the molecule is CCc1cc(CC(=O)CSC2CCCCC2)n(C)n1. The normalized spacial score (nSPS) is 16.7. The highest BCUT2D eigenvalue weighted by Gasteiger charge is 2.16. The summed E-state index contributed by atoms with van der Waals surface area (Å²) in [6.45, 7) is 2.09. The van der Waals surface area contributed by atoms with Crippen molar-refractivity contribution in [3.8, 4) is 0 Å². The van der Waals surface area contributed by atoms with Crippen molar-refractivity contribution in [2.45, 2.75) is 57.1 Å². The molecule has 0 aromatic carbocycles. The van der Waals surface area contributed by atoms with E-state index >= 15 is 0 Å². The number of aryl methyl sites for hydroxylation is 2. The lowest BCUT2D eigenvalue weighted by Gasteiger charge is -2.20. The number of hydrogen-bond donors (Lipinski definition) is 0. The lowest BCUT2D eigenvalue weighted by molar-refractivity contribution is -0.116. The first kappa shape index (κ1) is 14.6. The molecule has 0 bridgehead atoms. The van der Waals surface area contributed by atoms with Crippen LogP contribution < -0.4 is 0 Å². The predicted octanol–water partition coefficient (Wildman–Crippen LogP) is 3.16. The molecule has 1 aliphatic rings. The van der Waals surface area contributed by atoms with Crippen LogP contribution in [0.25, 0.3) is 0 Å². The molecule has 0 unspecified atom stereocenters. The van der Waals surface area contributed by atoms with Crippen molar-refractivity contribution in [2.75, 3.05) is 5.75 Å². The summed E-state index contributed by atoms with van der Waals surface area (Å²) in [6.07, 6.45) is 8.11. The van der Waals surface area contributed by atoms with Gasteiger partial charge in [0.25, 0.3) is 0 Å². The van der Waals surface area contributed by atoms with Crippen molar-refractivity contribution in [1.82, 2.24) is 9.78 Å². The van der Waals surface area contributed by atoms with E-state index in [9.17, 15) is 4.79 Å². The lowest BCUT2D eigenvalue weighted by atomic mass is 10.0. The van der Waals surface area contributed by atoms with Crippen LogP contribution in [-0.4, -0.2) is 26.6 Å². The molecule has 2 rings (SSSR count). The summed E-state index contributed by atoms with van der Waals surface area (Å²) in [4.78, 5) is 12.0. The zero-order valence-corrected chi connectivity index (χ0v) is 12.8. The molecule has 1 aromatic heterocycles. The number of Topliss-reactive ketones (excluding diaryl/α,β-unsaturated/α-hetero) is 1. The molecule has 1 heterocycles. The van der Waals surface area contributed by atoms with E-state index in [0.717, 1.165) is 23.1 Å². The Balaban J connectivity index is 1.78. The fourth-order valence-electron chi connectivity index (χ4n) is 2.61. The Hall–Kier alpha value is -0.770. The monoisotopic (exact) mass is 280 g/mol. The third kappa shape index (κ3) is 4.37. The van der Waals surface area contributed by atoms with Crippen LogP contribution in [-0.2, 0) is 24.7 Å². The number of rotatable bonds is 6. The van der Waals surface area contributed by atoms with Crippen LogP contribution in [0.2, 0.25) is 0 Å². The topological polar surface area (TPSA) is 34.9 Å². The van der Waals surface area contributed by atoms with E-state index in [2.05, 4.69) is 18.1 Å². The maximum atomic E-state index is 12.0. The van der Waals surface area contributed by atoms with Crippen molar-refractivity contribution in [2.24, 2.45) is 7.05 Å². The van der Waals surface area contributed by atoms with E-state index in [0.29, 0.717) is 18.0 Å². The second kappa shape index (κ2) is 7.13. The minimum atomic E-state index is 0.334. The third-order valence-electron chi connectivity index (χ3n) is 3.80. The quantitative estimate of drug-likeness (QED) is 0.803. The van der Waals surface area contributed by atoms with E-state index in [1.807, 2.05) is 23.5 Å². The molecule has 0 aliphatic heterocycles. The zero-order valence-electron chi connectivity index (χ0n) is 12.0. The van der Waals surface area contributed by atoms with Crippen molar-refractivity contribution in [3.63, 3.8) is 0 Å². The first-order valence-corrected chi connectivity index (χ1v) is 8.39. The molecule has 1 fully saturated rings. The average molecular weight is 280 g/mol. The molecular formula is C15H24N2OS. The van der Waals surface area contributed by atoms with Gasteiger partial charge >= 0.3 is 0 Å². The molecule has 4 heteroatoms. The van der Waals surface area contributed by atoms with Crippen LogP contribution in [0, 0.1) is 0 Å². The third-order valence-corrected chi connectivity index (χ3v) is 5.23. The molecule has 0 radical (unpaired) electrons. The van der Waals surface area contributed by atoms with E-state index in [1.54, 1.807) is 0 Å². The molecule has 0 spiro atoms. The van der Waals surface area contributed by atoms with Gasteiger partial charge < -0.3 is 0 Å². The van der Waals surface area contributed by atoms with Gasteiger partial charge in [0.05, 0.1) is 11.4 Å². The van der Waals surface area contributed by atoms with Gasteiger partial charge in [-0.3, -0.25) is 9.48 Å². The van der Waals surface area contributed by atoms with E-state index < -0.39 is 0 Å². The molecule has 0 saturated heterocycles. The molecule has 0 atom stereocenters. The Morgan fingerprint density at radius 1 is 1.42 bits per heavy atom. The molecular weight excluding hydrogens is 256 g/mol. The summed E-state index contributed by atoms with van der Waals surface area (Å²) in [5.41, 5.74) is 2.12. The summed E-state index contributed by atoms with van der Waals surface area (Å²) >= 11 is 1.86.